The van der Waals surface area contributed by atoms with Crippen LogP contribution in [0.1, 0.15) is 19.3 Å². The standard InChI is InChI=1S/C10H20N2O2/c13-10-7-14-6-9(10)12-5-8-3-1-2-4-11-8/h8-13H,1-7H2. The van der Waals surface area contributed by atoms with Crippen LogP contribution in [0.5, 0.6) is 0 Å². The van der Waals surface area contributed by atoms with Gasteiger partial charge in [0.15, 0.2) is 0 Å². The molecule has 0 aromatic carbocycles. The summed E-state index contributed by atoms with van der Waals surface area (Å²) in [6.07, 6.45) is 3.55. The molecule has 2 heterocycles. The van der Waals surface area contributed by atoms with Crippen molar-refractivity contribution in [2.45, 2.75) is 37.5 Å². The van der Waals surface area contributed by atoms with Gasteiger partial charge >= 0.3 is 0 Å². The number of rotatable bonds is 3. The maximum Gasteiger partial charge on any atom is 0.0948 e. The van der Waals surface area contributed by atoms with Crippen molar-refractivity contribution in [2.75, 3.05) is 26.3 Å². The van der Waals surface area contributed by atoms with E-state index in [0.717, 1.165) is 13.1 Å². The van der Waals surface area contributed by atoms with Gasteiger partial charge in [-0.3, -0.25) is 0 Å². The van der Waals surface area contributed by atoms with Crippen molar-refractivity contribution < 1.29 is 9.84 Å². The Bertz CT molecular complexity index is 172. The molecule has 3 N–H and O–H groups in total. The van der Waals surface area contributed by atoms with E-state index in [9.17, 15) is 5.11 Å². The molecule has 0 bridgehead atoms. The first-order chi connectivity index (χ1) is 6.86. The summed E-state index contributed by atoms with van der Waals surface area (Å²) in [4.78, 5) is 0. The van der Waals surface area contributed by atoms with Gasteiger partial charge in [0.05, 0.1) is 25.4 Å². The highest BCUT2D eigenvalue weighted by Crippen LogP contribution is 2.08. The summed E-state index contributed by atoms with van der Waals surface area (Å²) in [5.41, 5.74) is 0. The molecule has 2 saturated heterocycles. The SMILES string of the molecule is OC1COCC1NCC1CCCCN1. The highest BCUT2D eigenvalue weighted by atomic mass is 16.5. The van der Waals surface area contributed by atoms with E-state index in [1.165, 1.54) is 19.3 Å². The van der Waals surface area contributed by atoms with Gasteiger partial charge in [-0.15, -0.1) is 0 Å². The topological polar surface area (TPSA) is 53.5 Å². The van der Waals surface area contributed by atoms with Crippen molar-refractivity contribution in [3.63, 3.8) is 0 Å². The van der Waals surface area contributed by atoms with E-state index in [4.69, 9.17) is 4.74 Å². The van der Waals surface area contributed by atoms with Gasteiger partial charge in [-0.2, -0.15) is 0 Å². The number of nitrogens with one attached hydrogen (secondary N) is 2. The Morgan fingerprint density at radius 3 is 2.93 bits per heavy atom. The molecule has 14 heavy (non-hydrogen) atoms. The van der Waals surface area contributed by atoms with E-state index in [1.54, 1.807) is 0 Å². The van der Waals surface area contributed by atoms with Crippen LogP contribution in [-0.4, -0.2) is 49.6 Å². The maximum atomic E-state index is 9.51. The molecular formula is C10H20N2O2. The summed E-state index contributed by atoms with van der Waals surface area (Å²) in [5.74, 6) is 0. The second-order valence-electron chi connectivity index (χ2n) is 4.27. The van der Waals surface area contributed by atoms with E-state index in [0.29, 0.717) is 19.3 Å². The molecule has 0 saturated carbocycles. The van der Waals surface area contributed by atoms with Crippen LogP contribution in [0.3, 0.4) is 0 Å². The number of ether oxygens (including phenoxy) is 1. The van der Waals surface area contributed by atoms with Crippen LogP contribution >= 0.6 is 0 Å². The van der Waals surface area contributed by atoms with Crippen molar-refractivity contribution in [3.8, 4) is 0 Å². The van der Waals surface area contributed by atoms with Crippen LogP contribution in [-0.2, 0) is 4.74 Å². The molecule has 0 amide bonds. The molecule has 3 unspecified atom stereocenters. The monoisotopic (exact) mass is 200 g/mol. The fraction of sp³-hybridized carbons (Fsp3) is 1.00. The third kappa shape index (κ3) is 2.67. The molecule has 0 aromatic heterocycles. The zero-order valence-corrected chi connectivity index (χ0v) is 8.54. The van der Waals surface area contributed by atoms with Crippen LogP contribution < -0.4 is 10.6 Å². The summed E-state index contributed by atoms with van der Waals surface area (Å²) in [6.45, 7) is 3.21. The lowest BCUT2D eigenvalue weighted by Gasteiger charge is -2.25. The minimum absolute atomic E-state index is 0.138. The van der Waals surface area contributed by atoms with E-state index in [-0.39, 0.29) is 12.1 Å². The average molecular weight is 200 g/mol. The van der Waals surface area contributed by atoms with Crippen LogP contribution in [0.4, 0.5) is 0 Å². The lowest BCUT2D eigenvalue weighted by molar-refractivity contribution is 0.122. The molecule has 0 spiro atoms. The first kappa shape index (κ1) is 10.4. The van der Waals surface area contributed by atoms with E-state index in [2.05, 4.69) is 10.6 Å². The first-order valence-corrected chi connectivity index (χ1v) is 5.59. The number of aliphatic hydroxyl groups is 1. The number of aliphatic hydroxyl groups excluding tert-OH is 1. The smallest absolute Gasteiger partial charge is 0.0948 e. The van der Waals surface area contributed by atoms with Gasteiger partial charge in [0.2, 0.25) is 0 Å². The molecule has 0 radical (unpaired) electrons. The zero-order valence-electron chi connectivity index (χ0n) is 8.54. The third-order valence-corrected chi connectivity index (χ3v) is 3.09. The molecule has 2 rings (SSSR count). The van der Waals surface area contributed by atoms with E-state index in [1.807, 2.05) is 0 Å². The number of hydrogen-bond donors (Lipinski definition) is 3. The summed E-state index contributed by atoms with van der Waals surface area (Å²) in [7, 11) is 0. The van der Waals surface area contributed by atoms with E-state index < -0.39 is 0 Å². The molecule has 3 atom stereocenters. The normalized spacial score (nSPS) is 38.8. The van der Waals surface area contributed by atoms with Gasteiger partial charge < -0.3 is 20.5 Å². The van der Waals surface area contributed by atoms with Crippen LogP contribution in [0.2, 0.25) is 0 Å². The Morgan fingerprint density at radius 1 is 1.36 bits per heavy atom. The Kier molecular flexibility index (Phi) is 3.75. The fourth-order valence-electron chi connectivity index (χ4n) is 2.13. The minimum Gasteiger partial charge on any atom is -0.389 e. The predicted octanol–water partition coefficient (Wildman–Crippen LogP) is -0.522. The Hall–Kier alpha value is -0.160. The van der Waals surface area contributed by atoms with Gasteiger partial charge in [0.1, 0.15) is 0 Å². The molecule has 2 aliphatic heterocycles. The summed E-state index contributed by atoms with van der Waals surface area (Å²) < 4.78 is 5.18. The average Bonchev–Trinajstić information content (AvgIpc) is 2.63. The Balaban J connectivity index is 1.65. The van der Waals surface area contributed by atoms with E-state index >= 15 is 0 Å². The van der Waals surface area contributed by atoms with Crippen molar-refractivity contribution in [1.82, 2.24) is 10.6 Å². The quantitative estimate of drug-likeness (QED) is 0.574. The molecular weight excluding hydrogens is 180 g/mol. The molecule has 4 nitrogen and oxygen atoms in total. The summed E-state index contributed by atoms with van der Waals surface area (Å²) in [6, 6.07) is 0.718. The molecule has 2 fully saturated rings. The largest absolute Gasteiger partial charge is 0.389 e. The van der Waals surface area contributed by atoms with Crippen molar-refractivity contribution in [3.05, 3.63) is 0 Å². The second kappa shape index (κ2) is 5.07. The molecule has 82 valence electrons. The Labute approximate surface area is 85.0 Å². The van der Waals surface area contributed by atoms with Crippen LogP contribution in [0.15, 0.2) is 0 Å². The number of hydrogen-bond acceptors (Lipinski definition) is 4. The van der Waals surface area contributed by atoms with Gasteiger partial charge in [0, 0.05) is 12.6 Å². The fourth-order valence-corrected chi connectivity index (χ4v) is 2.13. The van der Waals surface area contributed by atoms with Gasteiger partial charge in [-0.25, -0.2) is 0 Å². The molecule has 4 heteroatoms. The van der Waals surface area contributed by atoms with Crippen molar-refractivity contribution in [2.24, 2.45) is 0 Å². The highest BCUT2D eigenvalue weighted by Gasteiger charge is 2.26. The lowest BCUT2D eigenvalue weighted by atomic mass is 10.0. The van der Waals surface area contributed by atoms with Crippen LogP contribution in [0, 0.1) is 0 Å². The molecule has 0 aromatic rings. The third-order valence-electron chi connectivity index (χ3n) is 3.09. The predicted molar refractivity (Wildman–Crippen MR) is 54.3 cm³/mol. The highest BCUT2D eigenvalue weighted by molar-refractivity contribution is 4.83. The first-order valence-electron chi connectivity index (χ1n) is 5.59. The lowest BCUT2D eigenvalue weighted by Crippen LogP contribution is -2.47. The molecule has 0 aliphatic carbocycles. The summed E-state index contributed by atoms with van der Waals surface area (Å²) >= 11 is 0. The van der Waals surface area contributed by atoms with Crippen molar-refractivity contribution >= 4 is 0 Å². The van der Waals surface area contributed by atoms with Crippen molar-refractivity contribution in [1.29, 1.82) is 0 Å². The van der Waals surface area contributed by atoms with Gasteiger partial charge in [-0.05, 0) is 19.4 Å². The second-order valence-corrected chi connectivity index (χ2v) is 4.27. The van der Waals surface area contributed by atoms with Gasteiger partial charge in [0.25, 0.3) is 0 Å². The maximum absolute atomic E-state index is 9.51. The zero-order chi connectivity index (χ0) is 9.80. The summed E-state index contributed by atoms with van der Waals surface area (Å²) in [5, 5.41) is 16.3. The van der Waals surface area contributed by atoms with Gasteiger partial charge in [-0.1, -0.05) is 6.42 Å². The van der Waals surface area contributed by atoms with Crippen LogP contribution in [0.25, 0.3) is 0 Å². The number of piperidine rings is 1. The molecule has 2 aliphatic rings. The Morgan fingerprint density at radius 2 is 2.29 bits per heavy atom. The minimum atomic E-state index is -0.321.